The van der Waals surface area contributed by atoms with E-state index in [0.717, 1.165) is 30.3 Å². The number of benzene rings is 1. The number of thiophene rings is 1. The van der Waals surface area contributed by atoms with Gasteiger partial charge in [0.05, 0.1) is 6.54 Å². The summed E-state index contributed by atoms with van der Waals surface area (Å²) in [7, 11) is 0. The predicted octanol–water partition coefficient (Wildman–Crippen LogP) is 2.01. The molecule has 1 fully saturated rings. The number of fused-ring (bicyclic) bond motifs is 2. The number of carbonyl (C=O) groups excluding carboxylic acids is 1. The van der Waals surface area contributed by atoms with Crippen molar-refractivity contribution in [2.45, 2.75) is 25.3 Å². The third-order valence-corrected chi connectivity index (χ3v) is 6.36. The van der Waals surface area contributed by atoms with Crippen LogP contribution in [0.2, 0.25) is 0 Å². The first kappa shape index (κ1) is 15.2. The number of anilines is 1. The third kappa shape index (κ3) is 2.89. The van der Waals surface area contributed by atoms with E-state index in [-0.39, 0.29) is 12.7 Å². The number of amides is 1. The summed E-state index contributed by atoms with van der Waals surface area (Å²) < 4.78 is 10.7. The Hall–Kier alpha value is -2.05. The molecule has 1 aliphatic carbocycles. The normalized spacial score (nSPS) is 24.0. The number of rotatable bonds is 4. The van der Waals surface area contributed by atoms with E-state index < -0.39 is 0 Å². The SMILES string of the molecule is O=C(C[NH+]1CCc2sccc2[C@H]1C1CC1)Nc1ccc2c(c1)OCO2. The first-order valence-electron chi connectivity index (χ1n) is 8.88. The summed E-state index contributed by atoms with van der Waals surface area (Å²) in [5.74, 6) is 2.25. The monoisotopic (exact) mass is 357 g/mol. The minimum Gasteiger partial charge on any atom is -0.454 e. The quantitative estimate of drug-likeness (QED) is 0.880. The minimum atomic E-state index is 0.0678. The molecule has 3 aliphatic rings. The number of quaternary nitrogens is 1. The van der Waals surface area contributed by atoms with E-state index >= 15 is 0 Å². The van der Waals surface area contributed by atoms with E-state index in [4.69, 9.17) is 9.47 Å². The van der Waals surface area contributed by atoms with Gasteiger partial charge in [0, 0.05) is 34.5 Å². The molecule has 1 saturated carbocycles. The van der Waals surface area contributed by atoms with Crippen molar-refractivity contribution >= 4 is 22.9 Å². The molecular weight excluding hydrogens is 336 g/mol. The fourth-order valence-corrected chi connectivity index (χ4v) is 5.01. The van der Waals surface area contributed by atoms with Crippen LogP contribution in [-0.2, 0) is 11.2 Å². The Morgan fingerprint density at radius 1 is 1.24 bits per heavy atom. The molecule has 0 radical (unpaired) electrons. The summed E-state index contributed by atoms with van der Waals surface area (Å²) in [6.07, 6.45) is 3.68. The van der Waals surface area contributed by atoms with Crippen LogP contribution in [0.5, 0.6) is 11.5 Å². The molecule has 1 aromatic carbocycles. The lowest BCUT2D eigenvalue weighted by Gasteiger charge is -2.32. The molecule has 1 aromatic heterocycles. The fourth-order valence-electron chi connectivity index (χ4n) is 4.08. The Labute approximate surface area is 150 Å². The van der Waals surface area contributed by atoms with Gasteiger partial charge in [-0.3, -0.25) is 4.79 Å². The zero-order valence-electron chi connectivity index (χ0n) is 13.9. The first-order valence-corrected chi connectivity index (χ1v) is 9.76. The van der Waals surface area contributed by atoms with Crippen molar-refractivity contribution in [3.63, 3.8) is 0 Å². The van der Waals surface area contributed by atoms with Crippen molar-refractivity contribution in [3.05, 3.63) is 40.1 Å². The highest BCUT2D eigenvalue weighted by Crippen LogP contribution is 2.42. The molecule has 1 amide bonds. The summed E-state index contributed by atoms with van der Waals surface area (Å²) in [5.41, 5.74) is 2.26. The van der Waals surface area contributed by atoms with E-state index in [1.165, 1.54) is 28.2 Å². The smallest absolute Gasteiger partial charge is 0.279 e. The Kier molecular flexibility index (Phi) is 3.68. The molecule has 2 atom stereocenters. The van der Waals surface area contributed by atoms with Crippen LogP contribution in [0.3, 0.4) is 0 Å². The van der Waals surface area contributed by atoms with Gasteiger partial charge in [0.25, 0.3) is 5.91 Å². The van der Waals surface area contributed by atoms with E-state index in [9.17, 15) is 4.79 Å². The van der Waals surface area contributed by atoms with Crippen molar-refractivity contribution in [2.24, 2.45) is 5.92 Å². The van der Waals surface area contributed by atoms with Gasteiger partial charge in [0.1, 0.15) is 6.04 Å². The predicted molar refractivity (Wildman–Crippen MR) is 95.4 cm³/mol. The highest BCUT2D eigenvalue weighted by molar-refractivity contribution is 7.10. The van der Waals surface area contributed by atoms with Crippen LogP contribution in [0.4, 0.5) is 5.69 Å². The molecule has 2 N–H and O–H groups in total. The number of nitrogens with one attached hydrogen (secondary N) is 2. The summed E-state index contributed by atoms with van der Waals surface area (Å²) >= 11 is 1.87. The lowest BCUT2D eigenvalue weighted by molar-refractivity contribution is -0.928. The molecule has 0 spiro atoms. The van der Waals surface area contributed by atoms with Crippen LogP contribution in [0, 0.1) is 5.92 Å². The van der Waals surface area contributed by atoms with Crippen LogP contribution in [0.15, 0.2) is 29.6 Å². The van der Waals surface area contributed by atoms with Crippen LogP contribution in [-0.4, -0.2) is 25.8 Å². The molecule has 2 aromatic rings. The van der Waals surface area contributed by atoms with E-state index in [0.29, 0.717) is 18.3 Å². The topological polar surface area (TPSA) is 52.0 Å². The fraction of sp³-hybridized carbons (Fsp3) is 0.421. The summed E-state index contributed by atoms with van der Waals surface area (Å²) in [6, 6.07) is 8.32. The highest BCUT2D eigenvalue weighted by Gasteiger charge is 2.43. The summed E-state index contributed by atoms with van der Waals surface area (Å²) in [5, 5.41) is 5.23. The maximum Gasteiger partial charge on any atom is 0.279 e. The standard InChI is InChI=1S/C19H20N2O3S/c22-18(20-13-3-4-15-16(9-13)24-11-23-15)10-21-7-5-17-14(6-8-25-17)19(21)12-1-2-12/h3-4,6,8-9,12,19H,1-2,5,7,10-11H2,(H,20,22)/p+1/t19-/m1/s1. The van der Waals surface area contributed by atoms with E-state index in [1.807, 2.05) is 29.5 Å². The molecule has 25 heavy (non-hydrogen) atoms. The van der Waals surface area contributed by atoms with Crippen molar-refractivity contribution in [1.82, 2.24) is 0 Å². The molecule has 6 heteroatoms. The van der Waals surface area contributed by atoms with Crippen LogP contribution < -0.4 is 19.7 Å². The van der Waals surface area contributed by atoms with Crippen LogP contribution in [0.25, 0.3) is 0 Å². The molecule has 5 nitrogen and oxygen atoms in total. The lowest BCUT2D eigenvalue weighted by atomic mass is 9.96. The Morgan fingerprint density at radius 2 is 2.12 bits per heavy atom. The van der Waals surface area contributed by atoms with Crippen LogP contribution in [0.1, 0.15) is 29.3 Å². The number of carbonyl (C=O) groups is 1. The van der Waals surface area contributed by atoms with Crippen molar-refractivity contribution in [2.75, 3.05) is 25.2 Å². The second-order valence-electron chi connectivity index (χ2n) is 7.07. The molecule has 1 unspecified atom stereocenters. The highest BCUT2D eigenvalue weighted by atomic mass is 32.1. The van der Waals surface area contributed by atoms with E-state index in [1.54, 1.807) is 0 Å². The molecule has 5 rings (SSSR count). The largest absolute Gasteiger partial charge is 0.454 e. The van der Waals surface area contributed by atoms with Gasteiger partial charge in [0.15, 0.2) is 18.0 Å². The number of hydrogen-bond donors (Lipinski definition) is 2. The maximum atomic E-state index is 12.6. The Bertz CT molecular complexity index is 815. The number of ether oxygens (including phenoxy) is 2. The second-order valence-corrected chi connectivity index (χ2v) is 8.07. The third-order valence-electron chi connectivity index (χ3n) is 5.37. The minimum absolute atomic E-state index is 0.0678. The van der Waals surface area contributed by atoms with Gasteiger partial charge in [-0.1, -0.05) is 0 Å². The van der Waals surface area contributed by atoms with Gasteiger partial charge in [-0.2, -0.15) is 0 Å². The van der Waals surface area contributed by atoms with Crippen molar-refractivity contribution in [1.29, 1.82) is 0 Å². The van der Waals surface area contributed by atoms with Gasteiger partial charge in [-0.05, 0) is 36.4 Å². The second kappa shape index (κ2) is 6.04. The van der Waals surface area contributed by atoms with Crippen LogP contribution >= 0.6 is 11.3 Å². The molecule has 0 saturated heterocycles. The molecule has 130 valence electrons. The molecule has 3 heterocycles. The Morgan fingerprint density at radius 3 is 3.00 bits per heavy atom. The molecule has 2 aliphatic heterocycles. The average Bonchev–Trinajstić information content (AvgIpc) is 3.14. The molecular formula is C19H21N2O3S+. The summed E-state index contributed by atoms with van der Waals surface area (Å²) in [6.45, 7) is 1.81. The summed E-state index contributed by atoms with van der Waals surface area (Å²) in [4.78, 5) is 15.6. The first-order chi connectivity index (χ1) is 12.3. The Balaban J connectivity index is 1.29. The van der Waals surface area contributed by atoms with E-state index in [2.05, 4.69) is 16.8 Å². The number of hydrogen-bond acceptors (Lipinski definition) is 4. The lowest BCUT2D eigenvalue weighted by Crippen LogP contribution is -3.14. The van der Waals surface area contributed by atoms with Crippen molar-refractivity contribution < 1.29 is 19.2 Å². The van der Waals surface area contributed by atoms with Gasteiger partial charge in [0.2, 0.25) is 6.79 Å². The van der Waals surface area contributed by atoms with Gasteiger partial charge in [-0.25, -0.2) is 0 Å². The van der Waals surface area contributed by atoms with Gasteiger partial charge < -0.3 is 19.7 Å². The zero-order valence-corrected chi connectivity index (χ0v) is 14.7. The maximum absolute atomic E-state index is 12.6. The average molecular weight is 357 g/mol. The zero-order chi connectivity index (χ0) is 16.8. The van der Waals surface area contributed by atoms with Gasteiger partial charge >= 0.3 is 0 Å². The molecule has 0 bridgehead atoms. The van der Waals surface area contributed by atoms with Crippen molar-refractivity contribution in [3.8, 4) is 11.5 Å². The van der Waals surface area contributed by atoms with Gasteiger partial charge in [-0.15, -0.1) is 11.3 Å².